The zero-order chi connectivity index (χ0) is 21.9. The highest BCUT2D eigenvalue weighted by atomic mass is 32.2. The van der Waals surface area contributed by atoms with E-state index in [4.69, 9.17) is 5.14 Å². The van der Waals surface area contributed by atoms with Gasteiger partial charge in [0.05, 0.1) is 9.79 Å². The molecule has 0 unspecified atom stereocenters. The summed E-state index contributed by atoms with van der Waals surface area (Å²) >= 11 is 0. The summed E-state index contributed by atoms with van der Waals surface area (Å²) in [5, 5.41) is 7.73. The van der Waals surface area contributed by atoms with E-state index >= 15 is 0 Å². The van der Waals surface area contributed by atoms with E-state index in [1.807, 2.05) is 4.72 Å². The zero-order valence-electron chi connectivity index (χ0n) is 16.5. The van der Waals surface area contributed by atoms with Crippen LogP contribution >= 0.6 is 0 Å². The molecule has 0 aliphatic heterocycles. The predicted molar refractivity (Wildman–Crippen MR) is 113 cm³/mol. The van der Waals surface area contributed by atoms with Crippen molar-refractivity contribution in [1.82, 2.24) is 10.0 Å². The molecule has 1 aromatic rings. The molecule has 8 nitrogen and oxygen atoms in total. The monoisotopic (exact) mass is 451 g/mol. The molecule has 1 aromatic carbocycles. The third-order valence-corrected chi connectivity index (χ3v) is 7.39. The van der Waals surface area contributed by atoms with Crippen molar-refractivity contribution in [2.45, 2.75) is 54.7 Å². The Balaban J connectivity index is 1.85. The highest BCUT2D eigenvalue weighted by molar-refractivity contribution is 7.90. The van der Waals surface area contributed by atoms with Crippen LogP contribution in [0.15, 0.2) is 69.1 Å². The molecule has 0 saturated heterocycles. The first-order chi connectivity index (χ1) is 14.1. The van der Waals surface area contributed by atoms with Crippen LogP contribution < -0.4 is 15.2 Å². The van der Waals surface area contributed by atoms with Gasteiger partial charge in [-0.15, -0.1) is 0 Å². The standard InChI is InChI=1S/C20H25N3O5S2/c1-14-7-3-2-4-8-15-9-5-12-18(15)19(14)22-20(24)23-30(27,28)17-11-6-10-16(13-17)29(21,25)26/h6,8,10-11,13H,1-5,7,9,12H2,(H2,21,25,26)(H2,22,23,24)/b15-8-,19-18+. The number of nitrogens with two attached hydrogens (primary N) is 1. The summed E-state index contributed by atoms with van der Waals surface area (Å²) in [5.41, 5.74) is 3.53. The SMILES string of the molecule is C=C1CCCC/C=C2/CCC/C2=C/1NC(=O)NS(=O)(=O)c1cccc(S(N)(=O)=O)c1. The molecule has 3 rings (SSSR count). The average molecular weight is 452 g/mol. The first-order valence-electron chi connectivity index (χ1n) is 9.65. The highest BCUT2D eigenvalue weighted by Crippen LogP contribution is 2.36. The fourth-order valence-electron chi connectivity index (χ4n) is 3.68. The van der Waals surface area contributed by atoms with Crippen molar-refractivity contribution >= 4 is 26.1 Å². The maximum Gasteiger partial charge on any atom is 0.333 e. The Morgan fingerprint density at radius 3 is 2.47 bits per heavy atom. The molecule has 2 aliphatic rings. The number of rotatable bonds is 4. The van der Waals surface area contributed by atoms with Crippen molar-refractivity contribution in [3.05, 3.63) is 59.3 Å². The lowest BCUT2D eigenvalue weighted by Crippen LogP contribution is -2.39. The van der Waals surface area contributed by atoms with E-state index in [1.54, 1.807) is 0 Å². The van der Waals surface area contributed by atoms with Gasteiger partial charge in [0.1, 0.15) is 0 Å². The Morgan fingerprint density at radius 2 is 1.73 bits per heavy atom. The minimum absolute atomic E-state index is 0.360. The lowest BCUT2D eigenvalue weighted by Gasteiger charge is -2.17. The number of sulfonamides is 2. The second-order valence-corrected chi connectivity index (χ2v) is 10.6. The van der Waals surface area contributed by atoms with E-state index in [1.165, 1.54) is 23.8 Å². The topological polar surface area (TPSA) is 135 Å². The number of carbonyl (C=O) groups excluding carboxylic acids is 1. The van der Waals surface area contributed by atoms with Crippen LogP contribution in [0.25, 0.3) is 0 Å². The minimum atomic E-state index is -4.31. The number of nitrogens with one attached hydrogen (secondary N) is 2. The fraction of sp³-hybridized carbons (Fsp3) is 0.350. The van der Waals surface area contributed by atoms with Crippen LogP contribution in [0, 0.1) is 0 Å². The number of carbonyl (C=O) groups is 1. The van der Waals surface area contributed by atoms with Gasteiger partial charge in [-0.05, 0) is 79.9 Å². The average Bonchev–Trinajstić information content (AvgIpc) is 3.13. The second-order valence-electron chi connectivity index (χ2n) is 7.37. The molecule has 0 heterocycles. The molecule has 162 valence electrons. The van der Waals surface area contributed by atoms with E-state index in [0.29, 0.717) is 12.1 Å². The van der Waals surface area contributed by atoms with E-state index in [2.05, 4.69) is 18.0 Å². The molecule has 0 radical (unpaired) electrons. The summed E-state index contributed by atoms with van der Waals surface area (Å²) in [6.45, 7) is 4.09. The summed E-state index contributed by atoms with van der Waals surface area (Å²) in [6.07, 6.45) is 8.53. The maximum absolute atomic E-state index is 12.6. The number of hydrogen-bond acceptors (Lipinski definition) is 5. The van der Waals surface area contributed by atoms with Crippen LogP contribution in [0.1, 0.15) is 44.9 Å². The number of fused-ring (bicyclic) bond motifs is 1. The van der Waals surface area contributed by atoms with Gasteiger partial charge in [0.2, 0.25) is 10.0 Å². The van der Waals surface area contributed by atoms with Gasteiger partial charge in [0.15, 0.2) is 0 Å². The Labute approximate surface area is 177 Å². The minimum Gasteiger partial charge on any atom is -0.307 e. The van der Waals surface area contributed by atoms with Crippen molar-refractivity contribution in [3.8, 4) is 0 Å². The number of amides is 2. The lowest BCUT2D eigenvalue weighted by atomic mass is 10.0. The van der Waals surface area contributed by atoms with Crippen molar-refractivity contribution in [2.24, 2.45) is 5.14 Å². The van der Waals surface area contributed by atoms with Gasteiger partial charge < -0.3 is 5.32 Å². The molecule has 0 atom stereocenters. The van der Waals surface area contributed by atoms with E-state index in [-0.39, 0.29) is 9.79 Å². The van der Waals surface area contributed by atoms with Gasteiger partial charge in [0.25, 0.3) is 10.0 Å². The second kappa shape index (κ2) is 8.75. The van der Waals surface area contributed by atoms with Crippen LogP contribution in [0.2, 0.25) is 0 Å². The largest absolute Gasteiger partial charge is 0.333 e. The Bertz CT molecular complexity index is 1150. The van der Waals surface area contributed by atoms with Crippen molar-refractivity contribution < 1.29 is 21.6 Å². The zero-order valence-corrected chi connectivity index (χ0v) is 18.1. The molecule has 2 amide bonds. The summed E-state index contributed by atoms with van der Waals surface area (Å²) < 4.78 is 50.1. The summed E-state index contributed by atoms with van der Waals surface area (Å²) in [4.78, 5) is 11.8. The van der Waals surface area contributed by atoms with Gasteiger partial charge in [-0.1, -0.05) is 18.7 Å². The normalized spacial score (nSPS) is 22.2. The molecular formula is C20H25N3O5S2. The number of benzene rings is 1. The van der Waals surface area contributed by atoms with Gasteiger partial charge in [0, 0.05) is 5.70 Å². The molecule has 1 fully saturated rings. The Kier molecular flexibility index (Phi) is 6.49. The lowest BCUT2D eigenvalue weighted by molar-refractivity contribution is 0.248. The molecule has 0 bridgehead atoms. The van der Waals surface area contributed by atoms with Crippen molar-refractivity contribution in [3.63, 3.8) is 0 Å². The highest BCUT2D eigenvalue weighted by Gasteiger charge is 2.24. The number of hydrogen-bond donors (Lipinski definition) is 3. The maximum atomic E-state index is 12.6. The molecule has 0 spiro atoms. The van der Waals surface area contributed by atoms with Gasteiger partial charge >= 0.3 is 6.03 Å². The van der Waals surface area contributed by atoms with Gasteiger partial charge in [-0.3, -0.25) is 0 Å². The molecular weight excluding hydrogens is 426 g/mol. The molecule has 1 saturated carbocycles. The van der Waals surface area contributed by atoms with Crippen LogP contribution in [0.4, 0.5) is 4.79 Å². The van der Waals surface area contributed by atoms with Crippen LogP contribution in [-0.4, -0.2) is 22.9 Å². The first kappa shape index (κ1) is 22.3. The van der Waals surface area contributed by atoms with E-state index in [9.17, 15) is 21.6 Å². The third kappa shape index (κ3) is 5.18. The number of allylic oxidation sites excluding steroid dienone is 4. The summed E-state index contributed by atoms with van der Waals surface area (Å²) in [7, 11) is -8.39. The summed E-state index contributed by atoms with van der Waals surface area (Å²) in [5.74, 6) is 0. The van der Waals surface area contributed by atoms with Crippen molar-refractivity contribution in [2.75, 3.05) is 0 Å². The van der Waals surface area contributed by atoms with Crippen LogP contribution in [0.5, 0.6) is 0 Å². The predicted octanol–water partition coefficient (Wildman–Crippen LogP) is 2.82. The quantitative estimate of drug-likeness (QED) is 0.647. The fourth-order valence-corrected chi connectivity index (χ4v) is 5.26. The molecule has 2 aliphatic carbocycles. The van der Waals surface area contributed by atoms with E-state index < -0.39 is 26.1 Å². The number of primary sulfonamides is 1. The van der Waals surface area contributed by atoms with Gasteiger partial charge in [-0.2, -0.15) is 0 Å². The van der Waals surface area contributed by atoms with Crippen molar-refractivity contribution in [1.29, 1.82) is 0 Å². The van der Waals surface area contributed by atoms with E-state index in [0.717, 1.165) is 55.7 Å². The van der Waals surface area contributed by atoms with Crippen LogP contribution in [0.3, 0.4) is 0 Å². The molecule has 0 aromatic heterocycles. The third-order valence-electron chi connectivity index (χ3n) is 5.15. The Morgan fingerprint density at radius 1 is 1.00 bits per heavy atom. The summed E-state index contributed by atoms with van der Waals surface area (Å²) in [6, 6.07) is 3.58. The number of urea groups is 1. The van der Waals surface area contributed by atoms with Gasteiger partial charge in [-0.25, -0.2) is 31.5 Å². The Hall–Kier alpha value is -2.43. The smallest absolute Gasteiger partial charge is 0.307 e. The first-order valence-corrected chi connectivity index (χ1v) is 12.7. The molecule has 4 N–H and O–H groups in total. The molecule has 10 heteroatoms. The van der Waals surface area contributed by atoms with Crippen LogP contribution in [-0.2, 0) is 20.0 Å². The molecule has 30 heavy (non-hydrogen) atoms.